The molecule has 21 heavy (non-hydrogen) atoms. The number of carbonyl (C=O) groups excluding carboxylic acids is 1. The average molecular weight is 276 g/mol. The van der Waals surface area contributed by atoms with E-state index in [0.29, 0.717) is 22.6 Å². The SMILES string of the molecule is N#Cc1ccc(C(=O)Nc2cccc(C#CCN)n2)cc1. The molecule has 1 heterocycles. The Morgan fingerprint density at radius 1 is 1.24 bits per heavy atom. The van der Waals surface area contributed by atoms with E-state index in [1.165, 1.54) is 0 Å². The molecule has 1 amide bonds. The van der Waals surface area contributed by atoms with Crippen molar-refractivity contribution in [1.82, 2.24) is 4.98 Å². The zero-order chi connectivity index (χ0) is 15.1. The topological polar surface area (TPSA) is 91.8 Å². The Kier molecular flexibility index (Phi) is 4.66. The summed E-state index contributed by atoms with van der Waals surface area (Å²) in [4.78, 5) is 16.2. The van der Waals surface area contributed by atoms with Crippen LogP contribution in [0.2, 0.25) is 0 Å². The first-order valence-corrected chi connectivity index (χ1v) is 6.20. The first-order valence-electron chi connectivity index (χ1n) is 6.20. The van der Waals surface area contributed by atoms with Crippen LogP contribution >= 0.6 is 0 Å². The monoisotopic (exact) mass is 276 g/mol. The molecular weight excluding hydrogens is 264 g/mol. The van der Waals surface area contributed by atoms with Crippen LogP contribution in [0.25, 0.3) is 0 Å². The van der Waals surface area contributed by atoms with Gasteiger partial charge in [0, 0.05) is 5.56 Å². The van der Waals surface area contributed by atoms with Gasteiger partial charge in [-0.25, -0.2) is 4.98 Å². The predicted octanol–water partition coefficient (Wildman–Crippen LogP) is 1.52. The van der Waals surface area contributed by atoms with Crippen LogP contribution in [-0.2, 0) is 0 Å². The number of nitrogens with one attached hydrogen (secondary N) is 1. The number of nitriles is 1. The smallest absolute Gasteiger partial charge is 0.256 e. The van der Waals surface area contributed by atoms with Gasteiger partial charge in [0.15, 0.2) is 0 Å². The van der Waals surface area contributed by atoms with Gasteiger partial charge in [-0.05, 0) is 42.3 Å². The van der Waals surface area contributed by atoms with E-state index in [4.69, 9.17) is 11.0 Å². The fourth-order valence-corrected chi connectivity index (χ4v) is 1.60. The largest absolute Gasteiger partial charge is 0.320 e. The van der Waals surface area contributed by atoms with Crippen LogP contribution in [0.1, 0.15) is 21.6 Å². The van der Waals surface area contributed by atoms with Gasteiger partial charge in [0.1, 0.15) is 11.5 Å². The number of benzene rings is 1. The van der Waals surface area contributed by atoms with Crippen molar-refractivity contribution in [2.45, 2.75) is 0 Å². The standard InChI is InChI=1S/C16H12N4O/c17-10-2-4-14-3-1-5-15(19-14)20-16(21)13-8-6-12(11-18)7-9-13/h1,3,5-9H,10,17H2,(H,19,20,21). The van der Waals surface area contributed by atoms with Gasteiger partial charge in [0.2, 0.25) is 0 Å². The Morgan fingerprint density at radius 3 is 2.67 bits per heavy atom. The molecule has 0 unspecified atom stereocenters. The molecule has 0 radical (unpaired) electrons. The van der Waals surface area contributed by atoms with Crippen molar-refractivity contribution in [3.05, 3.63) is 59.3 Å². The van der Waals surface area contributed by atoms with E-state index < -0.39 is 0 Å². The lowest BCUT2D eigenvalue weighted by Gasteiger charge is -2.04. The zero-order valence-electron chi connectivity index (χ0n) is 11.1. The third-order valence-corrected chi connectivity index (χ3v) is 2.59. The molecule has 3 N–H and O–H groups in total. The molecule has 5 heteroatoms. The van der Waals surface area contributed by atoms with Gasteiger partial charge in [-0.3, -0.25) is 4.79 Å². The van der Waals surface area contributed by atoms with Crippen LogP contribution < -0.4 is 11.1 Å². The summed E-state index contributed by atoms with van der Waals surface area (Å²) in [6.07, 6.45) is 0. The minimum absolute atomic E-state index is 0.253. The van der Waals surface area contributed by atoms with Gasteiger partial charge in [-0.15, -0.1) is 0 Å². The third-order valence-electron chi connectivity index (χ3n) is 2.59. The first kappa shape index (κ1) is 14.3. The summed E-state index contributed by atoms with van der Waals surface area (Å²) in [5, 5.41) is 11.4. The van der Waals surface area contributed by atoms with E-state index in [1.807, 2.05) is 6.07 Å². The minimum atomic E-state index is -0.295. The van der Waals surface area contributed by atoms with Crippen LogP contribution in [0.3, 0.4) is 0 Å². The Bertz CT molecular complexity index is 748. The number of hydrogen-bond donors (Lipinski definition) is 2. The maximum atomic E-state index is 12.0. The van der Waals surface area contributed by atoms with E-state index in [1.54, 1.807) is 42.5 Å². The highest BCUT2D eigenvalue weighted by molar-refractivity contribution is 6.03. The Hall–Kier alpha value is -3.15. The third kappa shape index (κ3) is 3.90. The predicted molar refractivity (Wildman–Crippen MR) is 79.3 cm³/mol. The van der Waals surface area contributed by atoms with Crippen LogP contribution in [0.5, 0.6) is 0 Å². The second-order valence-electron chi connectivity index (χ2n) is 4.06. The van der Waals surface area contributed by atoms with Crippen LogP contribution in [-0.4, -0.2) is 17.4 Å². The summed E-state index contributed by atoms with van der Waals surface area (Å²) in [6.45, 7) is 0.253. The minimum Gasteiger partial charge on any atom is -0.320 e. The molecule has 0 fully saturated rings. The molecule has 2 aromatic rings. The number of nitrogens with two attached hydrogens (primary N) is 1. The van der Waals surface area contributed by atoms with Crippen LogP contribution in [0.15, 0.2) is 42.5 Å². The van der Waals surface area contributed by atoms with Gasteiger partial charge in [0.05, 0.1) is 18.2 Å². The lowest BCUT2D eigenvalue weighted by atomic mass is 10.1. The van der Waals surface area contributed by atoms with Crippen molar-refractivity contribution in [3.63, 3.8) is 0 Å². The Morgan fingerprint density at radius 2 is 2.00 bits per heavy atom. The van der Waals surface area contributed by atoms with Crippen molar-refractivity contribution < 1.29 is 4.79 Å². The van der Waals surface area contributed by atoms with Crippen LogP contribution in [0.4, 0.5) is 5.82 Å². The van der Waals surface area contributed by atoms with Crippen molar-refractivity contribution in [2.75, 3.05) is 11.9 Å². The fraction of sp³-hybridized carbons (Fsp3) is 0.0625. The summed E-state index contributed by atoms with van der Waals surface area (Å²) in [6, 6.07) is 13.5. The molecule has 1 aromatic carbocycles. The molecule has 0 saturated heterocycles. The molecule has 0 spiro atoms. The lowest BCUT2D eigenvalue weighted by molar-refractivity contribution is 0.102. The summed E-state index contributed by atoms with van der Waals surface area (Å²) in [5.74, 6) is 5.62. The molecule has 0 aliphatic rings. The normalized spacial score (nSPS) is 9.14. The van der Waals surface area contributed by atoms with E-state index >= 15 is 0 Å². The molecular formula is C16H12N4O. The quantitative estimate of drug-likeness (QED) is 0.813. The molecule has 0 atom stereocenters. The summed E-state index contributed by atoms with van der Waals surface area (Å²) in [7, 11) is 0. The van der Waals surface area contributed by atoms with E-state index in [2.05, 4.69) is 22.1 Å². The molecule has 5 nitrogen and oxygen atoms in total. The molecule has 0 bridgehead atoms. The second-order valence-corrected chi connectivity index (χ2v) is 4.06. The second kappa shape index (κ2) is 6.85. The highest BCUT2D eigenvalue weighted by atomic mass is 16.1. The number of aromatic nitrogens is 1. The number of pyridine rings is 1. The summed E-state index contributed by atoms with van der Waals surface area (Å²) in [5.41, 5.74) is 6.80. The van der Waals surface area contributed by atoms with Gasteiger partial charge in [-0.1, -0.05) is 12.0 Å². The zero-order valence-corrected chi connectivity index (χ0v) is 11.1. The molecule has 0 saturated carbocycles. The van der Waals surface area contributed by atoms with Gasteiger partial charge < -0.3 is 11.1 Å². The van der Waals surface area contributed by atoms with Gasteiger partial charge in [0.25, 0.3) is 5.91 Å². The van der Waals surface area contributed by atoms with E-state index in [-0.39, 0.29) is 12.5 Å². The molecule has 2 rings (SSSR count). The Labute approximate surface area is 122 Å². The summed E-state index contributed by atoms with van der Waals surface area (Å²) < 4.78 is 0. The highest BCUT2D eigenvalue weighted by Gasteiger charge is 2.06. The van der Waals surface area contributed by atoms with Crippen molar-refractivity contribution in [2.24, 2.45) is 5.73 Å². The van der Waals surface area contributed by atoms with Gasteiger partial charge in [-0.2, -0.15) is 5.26 Å². The first-order chi connectivity index (χ1) is 10.2. The summed E-state index contributed by atoms with van der Waals surface area (Å²) >= 11 is 0. The lowest BCUT2D eigenvalue weighted by Crippen LogP contribution is -2.13. The Balaban J connectivity index is 2.13. The maximum absolute atomic E-state index is 12.0. The number of rotatable bonds is 2. The number of carbonyl (C=O) groups is 1. The maximum Gasteiger partial charge on any atom is 0.256 e. The van der Waals surface area contributed by atoms with E-state index in [0.717, 1.165) is 0 Å². The number of amides is 1. The average Bonchev–Trinajstić information content (AvgIpc) is 2.53. The van der Waals surface area contributed by atoms with Crippen molar-refractivity contribution in [3.8, 4) is 17.9 Å². The molecule has 0 aliphatic heterocycles. The molecule has 1 aromatic heterocycles. The van der Waals surface area contributed by atoms with E-state index in [9.17, 15) is 4.79 Å². The number of nitrogens with zero attached hydrogens (tertiary/aromatic N) is 2. The molecule has 0 aliphatic carbocycles. The van der Waals surface area contributed by atoms with Gasteiger partial charge >= 0.3 is 0 Å². The highest BCUT2D eigenvalue weighted by Crippen LogP contribution is 2.08. The number of anilines is 1. The number of hydrogen-bond acceptors (Lipinski definition) is 4. The fourth-order valence-electron chi connectivity index (χ4n) is 1.60. The van der Waals surface area contributed by atoms with Crippen molar-refractivity contribution in [1.29, 1.82) is 5.26 Å². The van der Waals surface area contributed by atoms with Crippen molar-refractivity contribution >= 4 is 11.7 Å². The molecule has 102 valence electrons. The van der Waals surface area contributed by atoms with Crippen LogP contribution in [0, 0.1) is 23.2 Å².